The van der Waals surface area contributed by atoms with Crippen LogP contribution < -0.4 is 5.32 Å². The molecule has 0 unspecified atom stereocenters. The van der Waals surface area contributed by atoms with Crippen molar-refractivity contribution in [3.63, 3.8) is 0 Å². The van der Waals surface area contributed by atoms with Crippen LogP contribution in [0.5, 0.6) is 0 Å². The van der Waals surface area contributed by atoms with Gasteiger partial charge in [0, 0.05) is 24.2 Å². The summed E-state index contributed by atoms with van der Waals surface area (Å²) in [6, 6.07) is 12.3. The molecule has 3 aromatic rings. The Balaban J connectivity index is 1.44. The van der Waals surface area contributed by atoms with Crippen LogP contribution in [0.15, 0.2) is 57.8 Å². The number of amides is 1. The minimum absolute atomic E-state index is 0.0859. The molecule has 1 aliphatic heterocycles. The molecule has 1 fully saturated rings. The number of rotatable bonds is 5. The van der Waals surface area contributed by atoms with E-state index in [1.165, 1.54) is 28.6 Å². The summed E-state index contributed by atoms with van der Waals surface area (Å²) in [5.41, 5.74) is 1.36. The number of nitrogens with one attached hydrogen (secondary N) is 1. The molecule has 1 saturated heterocycles. The average molecular weight is 466 g/mol. The fourth-order valence-electron chi connectivity index (χ4n) is 3.97. The Bertz CT molecular complexity index is 1280. The van der Waals surface area contributed by atoms with Crippen LogP contribution >= 0.6 is 0 Å². The smallest absolute Gasteiger partial charge is 0.322 e. The molecular formula is C23H23N5O4S. The van der Waals surface area contributed by atoms with E-state index in [4.69, 9.17) is 11.0 Å². The topological polar surface area (TPSA) is 110 Å². The van der Waals surface area contributed by atoms with Gasteiger partial charge in [-0.25, -0.2) is 13.3 Å². The van der Waals surface area contributed by atoms with Crippen LogP contribution in [0.3, 0.4) is 0 Å². The number of sulfonamides is 1. The Morgan fingerprint density at radius 2 is 1.70 bits per heavy atom. The molecular weight excluding hydrogens is 442 g/mol. The lowest BCUT2D eigenvalue weighted by Gasteiger charge is -2.34. The third kappa shape index (κ3) is 4.94. The molecule has 170 valence electrons. The van der Waals surface area contributed by atoms with Gasteiger partial charge in [-0.05, 0) is 42.5 Å². The SMILES string of the molecule is [C-]#[N+]c1ccc(-c2nnc(NC(=O)c3ccc(S(=O)(=O)N4C[C@H](C)C[C@H](C)C4)cc3)o2)cc1. The molecule has 0 aliphatic carbocycles. The van der Waals surface area contributed by atoms with Crippen LogP contribution in [0, 0.1) is 18.4 Å². The highest BCUT2D eigenvalue weighted by Crippen LogP contribution is 2.27. The number of anilines is 1. The maximum Gasteiger partial charge on any atom is 0.322 e. The zero-order valence-electron chi connectivity index (χ0n) is 18.2. The predicted octanol–water partition coefficient (Wildman–Crippen LogP) is 4.21. The van der Waals surface area contributed by atoms with Gasteiger partial charge in [-0.3, -0.25) is 10.1 Å². The summed E-state index contributed by atoms with van der Waals surface area (Å²) >= 11 is 0. The quantitative estimate of drug-likeness (QED) is 0.566. The van der Waals surface area contributed by atoms with Gasteiger partial charge in [0.1, 0.15) is 0 Å². The second-order valence-corrected chi connectivity index (χ2v) is 10.3. The number of piperidine rings is 1. The molecule has 0 radical (unpaired) electrons. The van der Waals surface area contributed by atoms with E-state index < -0.39 is 15.9 Å². The number of carbonyl (C=O) groups is 1. The van der Waals surface area contributed by atoms with Gasteiger partial charge in [0.25, 0.3) is 5.91 Å². The third-order valence-electron chi connectivity index (χ3n) is 5.48. The molecule has 0 spiro atoms. The molecule has 4 rings (SSSR count). The van der Waals surface area contributed by atoms with Gasteiger partial charge >= 0.3 is 6.01 Å². The van der Waals surface area contributed by atoms with E-state index in [0.29, 0.717) is 36.2 Å². The highest BCUT2D eigenvalue weighted by Gasteiger charge is 2.31. The van der Waals surface area contributed by atoms with Gasteiger partial charge in [-0.2, -0.15) is 4.31 Å². The largest absolute Gasteiger partial charge is 0.403 e. The standard InChI is InChI=1S/C23H23N5O4S/c1-15-12-16(2)14-28(13-15)33(30,31)20-10-6-17(7-11-20)21(29)25-23-27-26-22(32-23)18-4-8-19(24-3)9-5-18/h4-11,15-16H,12-14H2,1-2H3,(H,25,27,29)/t15-,16+. The summed E-state index contributed by atoms with van der Waals surface area (Å²) < 4.78 is 33.0. The fourth-order valence-corrected chi connectivity index (χ4v) is 5.65. The molecule has 1 aliphatic rings. The van der Waals surface area contributed by atoms with Crippen molar-refractivity contribution in [2.75, 3.05) is 18.4 Å². The lowest BCUT2D eigenvalue weighted by atomic mass is 9.94. The van der Waals surface area contributed by atoms with E-state index in [-0.39, 0.29) is 22.4 Å². The summed E-state index contributed by atoms with van der Waals surface area (Å²) in [5.74, 6) is 0.308. The lowest BCUT2D eigenvalue weighted by Crippen LogP contribution is -2.42. The summed E-state index contributed by atoms with van der Waals surface area (Å²) in [7, 11) is -3.62. The van der Waals surface area contributed by atoms with Crippen molar-refractivity contribution in [1.82, 2.24) is 14.5 Å². The van der Waals surface area contributed by atoms with Crippen LogP contribution in [-0.2, 0) is 10.0 Å². The van der Waals surface area contributed by atoms with Crippen molar-refractivity contribution in [3.05, 3.63) is 65.5 Å². The molecule has 2 heterocycles. The molecule has 2 aromatic carbocycles. The number of aromatic nitrogens is 2. The number of carbonyl (C=O) groups excluding carboxylic acids is 1. The minimum Gasteiger partial charge on any atom is -0.403 e. The monoisotopic (exact) mass is 465 g/mol. The number of benzene rings is 2. The molecule has 2 atom stereocenters. The van der Waals surface area contributed by atoms with Gasteiger partial charge in [0.2, 0.25) is 15.9 Å². The third-order valence-corrected chi connectivity index (χ3v) is 7.32. The Hall–Kier alpha value is -3.55. The highest BCUT2D eigenvalue weighted by molar-refractivity contribution is 7.89. The normalized spacial score (nSPS) is 19.1. The van der Waals surface area contributed by atoms with Crippen LogP contribution in [0.25, 0.3) is 16.3 Å². The van der Waals surface area contributed by atoms with Gasteiger partial charge in [0.05, 0.1) is 11.5 Å². The first-order valence-corrected chi connectivity index (χ1v) is 11.9. The van der Waals surface area contributed by atoms with Crippen molar-refractivity contribution < 1.29 is 17.6 Å². The molecule has 10 heteroatoms. The highest BCUT2D eigenvalue weighted by atomic mass is 32.2. The Morgan fingerprint density at radius 1 is 1.06 bits per heavy atom. The van der Waals surface area contributed by atoms with Gasteiger partial charge in [0.15, 0.2) is 5.69 Å². The number of nitrogens with zero attached hydrogens (tertiary/aromatic N) is 4. The first-order chi connectivity index (χ1) is 15.8. The number of hydrogen-bond donors (Lipinski definition) is 1. The summed E-state index contributed by atoms with van der Waals surface area (Å²) in [6.07, 6.45) is 1.01. The van der Waals surface area contributed by atoms with E-state index in [0.717, 1.165) is 6.42 Å². The Morgan fingerprint density at radius 3 is 2.30 bits per heavy atom. The van der Waals surface area contributed by atoms with E-state index in [2.05, 4.69) is 34.2 Å². The Labute approximate surface area is 192 Å². The summed E-state index contributed by atoms with van der Waals surface area (Å²) in [5, 5.41) is 10.2. The number of hydrogen-bond acceptors (Lipinski definition) is 6. The van der Waals surface area contributed by atoms with E-state index in [1.54, 1.807) is 24.3 Å². The molecule has 1 N–H and O–H groups in total. The summed E-state index contributed by atoms with van der Waals surface area (Å²) in [6.45, 7) is 12.1. The van der Waals surface area contributed by atoms with Gasteiger partial charge in [-0.15, -0.1) is 5.10 Å². The summed E-state index contributed by atoms with van der Waals surface area (Å²) in [4.78, 5) is 16.0. The molecule has 9 nitrogen and oxygen atoms in total. The van der Waals surface area contributed by atoms with Crippen LogP contribution in [0.2, 0.25) is 0 Å². The zero-order valence-corrected chi connectivity index (χ0v) is 19.0. The van der Waals surface area contributed by atoms with Crippen molar-refractivity contribution in [3.8, 4) is 11.5 Å². The molecule has 1 amide bonds. The van der Waals surface area contributed by atoms with Crippen molar-refractivity contribution in [2.45, 2.75) is 25.2 Å². The Kier molecular flexibility index (Phi) is 6.26. The zero-order chi connectivity index (χ0) is 23.6. The predicted molar refractivity (Wildman–Crippen MR) is 122 cm³/mol. The van der Waals surface area contributed by atoms with Crippen molar-refractivity contribution >= 4 is 27.6 Å². The maximum absolute atomic E-state index is 13.0. The lowest BCUT2D eigenvalue weighted by molar-refractivity contribution is 0.102. The minimum atomic E-state index is -3.62. The van der Waals surface area contributed by atoms with Crippen LogP contribution in [-0.4, -0.2) is 41.9 Å². The van der Waals surface area contributed by atoms with E-state index in [1.807, 2.05) is 0 Å². The van der Waals surface area contributed by atoms with Crippen molar-refractivity contribution in [2.24, 2.45) is 11.8 Å². The second-order valence-electron chi connectivity index (χ2n) is 8.32. The van der Waals surface area contributed by atoms with E-state index in [9.17, 15) is 13.2 Å². The molecule has 1 aromatic heterocycles. The first-order valence-electron chi connectivity index (χ1n) is 10.5. The fraction of sp³-hybridized carbons (Fsp3) is 0.304. The average Bonchev–Trinajstić information content (AvgIpc) is 3.27. The molecule has 33 heavy (non-hydrogen) atoms. The maximum atomic E-state index is 13.0. The molecule has 0 bridgehead atoms. The van der Waals surface area contributed by atoms with Crippen LogP contribution in [0.4, 0.5) is 11.7 Å². The first kappa shape index (κ1) is 22.6. The molecule has 0 saturated carbocycles. The van der Waals surface area contributed by atoms with Gasteiger partial charge < -0.3 is 4.42 Å². The van der Waals surface area contributed by atoms with E-state index >= 15 is 0 Å². The second kappa shape index (κ2) is 9.13. The van der Waals surface area contributed by atoms with Gasteiger partial charge in [-0.1, -0.05) is 43.2 Å². The van der Waals surface area contributed by atoms with Crippen LogP contribution in [0.1, 0.15) is 30.6 Å². The van der Waals surface area contributed by atoms with Crippen molar-refractivity contribution in [1.29, 1.82) is 0 Å².